The molecule has 6 N–H and O–H groups in total. The Labute approximate surface area is 365 Å². The van der Waals surface area contributed by atoms with E-state index in [4.69, 9.17) is 15.2 Å². The van der Waals surface area contributed by atoms with Gasteiger partial charge in [-0.3, -0.25) is 24.3 Å². The predicted molar refractivity (Wildman–Crippen MR) is 236 cm³/mol. The van der Waals surface area contributed by atoms with Crippen molar-refractivity contribution in [3.8, 4) is 0 Å². The highest BCUT2D eigenvalue weighted by Gasteiger charge is 2.55. The molecule has 0 radical (unpaired) electrons. The maximum absolute atomic E-state index is 14.8. The molecule has 340 valence electrons. The zero-order valence-corrected chi connectivity index (χ0v) is 38.5. The zero-order valence-electron chi connectivity index (χ0n) is 36.9. The molecule has 61 heavy (non-hydrogen) atoms. The van der Waals surface area contributed by atoms with Crippen LogP contribution in [0.4, 0.5) is 4.79 Å². The van der Waals surface area contributed by atoms with Crippen LogP contribution in [0.5, 0.6) is 0 Å². The van der Waals surface area contributed by atoms with Gasteiger partial charge in [0.05, 0.1) is 27.6 Å². The number of nitrogens with zero attached hydrogens (tertiary/aromatic N) is 4. The number of sulfonamides is 1. The number of ether oxygens (including phenoxy) is 2. The number of carbonyl (C=O) groups is 3. The smallest absolute Gasteiger partial charge is 0.408 e. The summed E-state index contributed by atoms with van der Waals surface area (Å²) >= 11 is 1.33. The van der Waals surface area contributed by atoms with Crippen LogP contribution in [0.1, 0.15) is 123 Å². The number of guanidine groups is 1. The molecule has 0 bridgehead atoms. The van der Waals surface area contributed by atoms with E-state index in [-0.39, 0.29) is 54.6 Å². The number of methoxy groups -OCH3 is 1. The van der Waals surface area contributed by atoms with Crippen LogP contribution in [0, 0.1) is 23.7 Å². The minimum Gasteiger partial charge on any atom is -0.444 e. The second kappa shape index (κ2) is 19.4. The standard InChI is InChI=1S/C43H68N8O8S2/c1-26-24-33(58-7)27(2)28(3)36(26)61(56,57)49-40(44)45-21-13-17-31(35(52)38-47-30-16-11-12-18-34(30)60-38)46-37(53)32-19-22-50-23-20-43(39(54)51(32)50,25-29-14-9-8-10-15-29)48-41(55)59-42(4,5)6/h11-12,16,18,26-29,31-33,35-36,52H,8-10,13-15,17,19-25H2,1-7H3,(H,46,53)(H,48,55)(H3,44,45,49)/t26?,27?,28?,31-,32-,33?,35?,36?,43+/m0/s1. The van der Waals surface area contributed by atoms with Gasteiger partial charge in [-0.2, -0.15) is 0 Å². The summed E-state index contributed by atoms with van der Waals surface area (Å²) < 4.78 is 41.8. The van der Waals surface area contributed by atoms with Crippen LogP contribution in [0.3, 0.4) is 0 Å². The van der Waals surface area contributed by atoms with Crippen molar-refractivity contribution in [2.24, 2.45) is 34.4 Å². The molecule has 2 aromatic rings. The van der Waals surface area contributed by atoms with Gasteiger partial charge < -0.3 is 30.9 Å². The lowest BCUT2D eigenvalue weighted by Gasteiger charge is -2.47. The maximum atomic E-state index is 14.8. The summed E-state index contributed by atoms with van der Waals surface area (Å²) in [6.07, 6.45) is 5.79. The van der Waals surface area contributed by atoms with Crippen molar-refractivity contribution < 1.29 is 37.4 Å². The van der Waals surface area contributed by atoms with Crippen molar-refractivity contribution in [2.45, 2.75) is 153 Å². The topological polar surface area (TPSA) is 218 Å². The third kappa shape index (κ3) is 11.0. The van der Waals surface area contributed by atoms with E-state index in [0.717, 1.165) is 42.3 Å². The molecule has 2 saturated heterocycles. The number of para-hydroxylation sites is 1. The molecule has 18 heteroatoms. The molecule has 6 rings (SSSR count). The van der Waals surface area contributed by atoms with E-state index in [0.29, 0.717) is 50.2 Å². The fourth-order valence-corrected chi connectivity index (χ4v) is 13.2. The third-order valence-corrected chi connectivity index (χ3v) is 16.5. The molecule has 2 aliphatic heterocycles. The molecule has 1 aromatic carbocycles. The summed E-state index contributed by atoms with van der Waals surface area (Å²) in [7, 11) is -2.21. The van der Waals surface area contributed by atoms with E-state index in [1.54, 1.807) is 27.9 Å². The van der Waals surface area contributed by atoms with Crippen LogP contribution in [-0.4, -0.2) is 114 Å². The van der Waals surface area contributed by atoms with Gasteiger partial charge in [0, 0.05) is 26.7 Å². The van der Waals surface area contributed by atoms with Gasteiger partial charge in [-0.15, -0.1) is 11.3 Å². The lowest BCUT2D eigenvalue weighted by Crippen LogP contribution is -2.69. The van der Waals surface area contributed by atoms with Crippen LogP contribution >= 0.6 is 11.3 Å². The highest BCUT2D eigenvalue weighted by atomic mass is 32.2. The van der Waals surface area contributed by atoms with Crippen LogP contribution in [-0.2, 0) is 29.1 Å². The Morgan fingerprint density at radius 1 is 1.10 bits per heavy atom. The summed E-state index contributed by atoms with van der Waals surface area (Å²) in [5.74, 6) is -1.02. The molecular weight excluding hydrogens is 821 g/mol. The van der Waals surface area contributed by atoms with Gasteiger partial charge in [0.15, 0.2) is 0 Å². The van der Waals surface area contributed by atoms with Gasteiger partial charge >= 0.3 is 6.09 Å². The largest absolute Gasteiger partial charge is 0.444 e. The van der Waals surface area contributed by atoms with E-state index in [1.807, 2.05) is 50.0 Å². The molecule has 3 amide bonds. The first-order chi connectivity index (χ1) is 28.8. The minimum absolute atomic E-state index is 0.0251. The van der Waals surface area contributed by atoms with Gasteiger partial charge in [-0.05, 0) is 95.1 Å². The summed E-state index contributed by atoms with van der Waals surface area (Å²) in [5.41, 5.74) is 4.89. The molecular formula is C43H68N8O8S2. The Morgan fingerprint density at radius 2 is 1.82 bits per heavy atom. The van der Waals surface area contributed by atoms with Gasteiger partial charge in [-0.25, -0.2) is 23.2 Å². The molecule has 6 unspecified atom stereocenters. The van der Waals surface area contributed by atoms with E-state index < -0.39 is 56.6 Å². The monoisotopic (exact) mass is 888 g/mol. The number of nitrogens with two attached hydrogens (primary N) is 1. The lowest BCUT2D eigenvalue weighted by molar-refractivity contribution is -0.168. The van der Waals surface area contributed by atoms with Crippen molar-refractivity contribution >= 4 is 55.4 Å². The normalized spacial score (nSPS) is 29.2. The number of aliphatic hydroxyl groups excluding tert-OH is 1. The number of amides is 3. The molecule has 16 nitrogen and oxygen atoms in total. The number of rotatable bonds is 14. The van der Waals surface area contributed by atoms with E-state index in [1.165, 1.54) is 16.3 Å². The highest BCUT2D eigenvalue weighted by molar-refractivity contribution is 7.90. The Hall–Kier alpha value is -3.58. The van der Waals surface area contributed by atoms with Gasteiger partial charge in [0.2, 0.25) is 21.9 Å². The number of benzene rings is 1. The first kappa shape index (κ1) is 46.9. The number of aliphatic hydroxyl groups is 1. The van der Waals surface area contributed by atoms with Crippen LogP contribution in [0.2, 0.25) is 0 Å². The Bertz CT molecular complexity index is 1970. The summed E-state index contributed by atoms with van der Waals surface area (Å²) in [6.45, 7) is 12.3. The number of hydrogen-bond acceptors (Lipinski definition) is 12. The first-order valence-corrected chi connectivity index (χ1v) is 24.5. The SMILES string of the molecule is COC1CC(C)C(S(=O)(=O)NC(N)=NCCC[C@H](NC(=O)[C@@H]2CCN3CC[C@](CC4CCCCC4)(NC(=O)OC(C)(C)C)C(=O)N23)C(O)c2nc3ccccc3s2)C(C)C1C. The Balaban J connectivity index is 1.18. The van der Waals surface area contributed by atoms with Gasteiger partial charge in [-0.1, -0.05) is 65.0 Å². The maximum Gasteiger partial charge on any atom is 0.408 e. The number of hydrazine groups is 1. The predicted octanol–water partition coefficient (Wildman–Crippen LogP) is 4.98. The number of hydrogen-bond donors (Lipinski definition) is 5. The van der Waals surface area contributed by atoms with Crippen LogP contribution < -0.4 is 21.1 Å². The second-order valence-corrected chi connectivity index (χ2v) is 21.8. The Kier molecular flexibility index (Phi) is 14.9. The number of carbonyl (C=O) groups excluding carboxylic acids is 3. The highest BCUT2D eigenvalue weighted by Crippen LogP contribution is 2.40. The summed E-state index contributed by atoms with van der Waals surface area (Å²) in [4.78, 5) is 51.6. The molecule has 3 heterocycles. The van der Waals surface area contributed by atoms with Crippen molar-refractivity contribution in [1.82, 2.24) is 30.4 Å². The van der Waals surface area contributed by atoms with E-state index in [2.05, 4.69) is 25.3 Å². The van der Waals surface area contributed by atoms with Gasteiger partial charge in [0.1, 0.15) is 28.3 Å². The minimum atomic E-state index is -3.86. The summed E-state index contributed by atoms with van der Waals surface area (Å²) in [6, 6.07) is 5.83. The number of nitrogens with one attached hydrogen (secondary N) is 3. The van der Waals surface area contributed by atoms with Gasteiger partial charge in [0.25, 0.3) is 5.91 Å². The Morgan fingerprint density at radius 3 is 2.51 bits per heavy atom. The van der Waals surface area contributed by atoms with Crippen LogP contribution in [0.25, 0.3) is 10.2 Å². The first-order valence-electron chi connectivity index (χ1n) is 22.1. The fraction of sp³-hybridized carbons (Fsp3) is 0.744. The number of fused-ring (bicyclic) bond motifs is 2. The number of alkyl carbamates (subject to hydrolysis) is 1. The zero-order chi connectivity index (χ0) is 44.3. The van der Waals surface area contributed by atoms with Crippen LogP contribution in [0.15, 0.2) is 29.3 Å². The molecule has 2 saturated carbocycles. The van der Waals surface area contributed by atoms with Crippen molar-refractivity contribution in [3.05, 3.63) is 29.3 Å². The van der Waals surface area contributed by atoms with Crippen molar-refractivity contribution in [3.63, 3.8) is 0 Å². The average molecular weight is 889 g/mol. The molecule has 4 aliphatic rings. The van der Waals surface area contributed by atoms with E-state index >= 15 is 0 Å². The number of aromatic nitrogens is 1. The molecule has 4 fully saturated rings. The van der Waals surface area contributed by atoms with Crippen molar-refractivity contribution in [1.29, 1.82) is 0 Å². The fourth-order valence-electron chi connectivity index (χ4n) is 10.1. The van der Waals surface area contributed by atoms with Crippen molar-refractivity contribution in [2.75, 3.05) is 26.7 Å². The second-order valence-electron chi connectivity index (χ2n) is 18.9. The number of thiazole rings is 1. The molecule has 1 aromatic heterocycles. The lowest BCUT2D eigenvalue weighted by atomic mass is 9.74. The number of aliphatic imine (C=N–C) groups is 1. The van der Waals surface area contributed by atoms with E-state index in [9.17, 15) is 27.9 Å². The molecule has 2 aliphatic carbocycles. The summed E-state index contributed by atoms with van der Waals surface area (Å²) in [5, 5.41) is 21.1. The third-order valence-electron chi connectivity index (χ3n) is 13.3. The average Bonchev–Trinajstić information content (AvgIpc) is 3.83. The quantitative estimate of drug-likeness (QED) is 0.0969. The molecule has 0 spiro atoms. The molecule has 9 atom stereocenters.